The summed E-state index contributed by atoms with van der Waals surface area (Å²) in [5, 5.41) is 0. The molecule has 172 valence electrons. The van der Waals surface area contributed by atoms with Crippen molar-refractivity contribution in [2.45, 2.75) is 37.3 Å². The fourth-order valence-electron chi connectivity index (χ4n) is 5.98. The van der Waals surface area contributed by atoms with Crippen molar-refractivity contribution in [1.29, 1.82) is 0 Å². The van der Waals surface area contributed by atoms with Crippen LogP contribution in [0.1, 0.15) is 41.9 Å². The van der Waals surface area contributed by atoms with Crippen LogP contribution in [0.5, 0.6) is 0 Å². The number of ether oxygens (including phenoxy) is 1. The number of anilines is 1. The molecule has 4 heteroatoms. The Hall–Kier alpha value is -3.53. The highest BCUT2D eigenvalue weighted by Gasteiger charge is 2.41. The molecule has 6 rings (SSSR count). The SMILES string of the molecule is CN(C)c1cccc(C2=CC3CCC(C2)N3C(=O)OCC2c3ccccc3-c3ccccc32)c1. The summed E-state index contributed by atoms with van der Waals surface area (Å²) in [6.45, 7) is 0.379. The summed E-state index contributed by atoms with van der Waals surface area (Å²) < 4.78 is 6.00. The molecular formula is C30H30N2O2. The highest BCUT2D eigenvalue weighted by atomic mass is 16.6. The predicted octanol–water partition coefficient (Wildman–Crippen LogP) is 6.32. The molecule has 3 aromatic rings. The monoisotopic (exact) mass is 450 g/mol. The van der Waals surface area contributed by atoms with Crippen LogP contribution in [0.25, 0.3) is 16.7 Å². The van der Waals surface area contributed by atoms with Gasteiger partial charge in [0.15, 0.2) is 0 Å². The summed E-state index contributed by atoms with van der Waals surface area (Å²) in [6, 6.07) is 26.0. The Bertz CT molecular complexity index is 1230. The molecule has 0 saturated carbocycles. The van der Waals surface area contributed by atoms with Crippen molar-refractivity contribution < 1.29 is 9.53 Å². The summed E-state index contributed by atoms with van der Waals surface area (Å²) in [5.74, 6) is 0.0960. The van der Waals surface area contributed by atoms with E-state index in [1.807, 2.05) is 4.90 Å². The van der Waals surface area contributed by atoms with Crippen molar-refractivity contribution >= 4 is 17.4 Å². The normalized spacial score (nSPS) is 20.5. The van der Waals surface area contributed by atoms with Gasteiger partial charge in [-0.3, -0.25) is 4.90 Å². The van der Waals surface area contributed by atoms with Crippen LogP contribution in [-0.2, 0) is 4.74 Å². The van der Waals surface area contributed by atoms with Gasteiger partial charge in [0.25, 0.3) is 0 Å². The predicted molar refractivity (Wildman–Crippen MR) is 137 cm³/mol. The van der Waals surface area contributed by atoms with Crippen LogP contribution >= 0.6 is 0 Å². The number of benzene rings is 3. The van der Waals surface area contributed by atoms with E-state index >= 15 is 0 Å². The van der Waals surface area contributed by atoms with E-state index in [2.05, 4.69) is 97.9 Å². The lowest BCUT2D eigenvalue weighted by Gasteiger charge is -2.34. The molecule has 34 heavy (non-hydrogen) atoms. The average molecular weight is 451 g/mol. The molecule has 2 atom stereocenters. The van der Waals surface area contributed by atoms with Crippen molar-refractivity contribution in [3.63, 3.8) is 0 Å². The number of nitrogens with zero attached hydrogens (tertiary/aromatic N) is 2. The van der Waals surface area contributed by atoms with Gasteiger partial charge in [0.05, 0.1) is 6.04 Å². The first-order valence-corrected chi connectivity index (χ1v) is 12.2. The van der Waals surface area contributed by atoms with Crippen LogP contribution in [0.4, 0.5) is 10.5 Å². The van der Waals surface area contributed by atoms with Crippen LogP contribution in [-0.4, -0.2) is 43.8 Å². The van der Waals surface area contributed by atoms with E-state index < -0.39 is 0 Å². The second-order valence-electron chi connectivity index (χ2n) is 9.85. The third-order valence-corrected chi connectivity index (χ3v) is 7.68. The second-order valence-corrected chi connectivity index (χ2v) is 9.85. The Morgan fingerprint density at radius 3 is 2.32 bits per heavy atom. The largest absolute Gasteiger partial charge is 0.448 e. The summed E-state index contributed by atoms with van der Waals surface area (Å²) in [5.41, 5.74) is 8.82. The number of carbonyl (C=O) groups excluding carboxylic acids is 1. The van der Waals surface area contributed by atoms with Gasteiger partial charge in [-0.25, -0.2) is 4.79 Å². The van der Waals surface area contributed by atoms with E-state index in [0.29, 0.717) is 6.61 Å². The molecule has 0 N–H and O–H groups in total. The topological polar surface area (TPSA) is 32.8 Å². The van der Waals surface area contributed by atoms with Crippen LogP contribution in [0, 0.1) is 0 Å². The van der Waals surface area contributed by atoms with Crippen LogP contribution in [0.3, 0.4) is 0 Å². The molecule has 2 aliphatic heterocycles. The maximum absolute atomic E-state index is 13.3. The third kappa shape index (κ3) is 3.49. The first-order chi connectivity index (χ1) is 16.6. The van der Waals surface area contributed by atoms with Gasteiger partial charge in [-0.2, -0.15) is 0 Å². The molecule has 0 spiro atoms. The van der Waals surface area contributed by atoms with Crippen molar-refractivity contribution in [2.24, 2.45) is 0 Å². The smallest absolute Gasteiger partial charge is 0.410 e. The van der Waals surface area contributed by atoms with E-state index in [1.54, 1.807) is 0 Å². The number of amides is 1. The first kappa shape index (κ1) is 21.0. The molecule has 0 aromatic heterocycles. The molecule has 1 amide bonds. The molecule has 3 aromatic carbocycles. The summed E-state index contributed by atoms with van der Waals surface area (Å²) in [7, 11) is 4.13. The summed E-state index contributed by atoms with van der Waals surface area (Å²) in [4.78, 5) is 17.4. The first-order valence-electron chi connectivity index (χ1n) is 12.2. The summed E-state index contributed by atoms with van der Waals surface area (Å²) >= 11 is 0. The number of fused-ring (bicyclic) bond motifs is 5. The molecule has 0 radical (unpaired) electrons. The van der Waals surface area contributed by atoms with E-state index in [0.717, 1.165) is 19.3 Å². The average Bonchev–Trinajstić information content (AvgIpc) is 3.33. The van der Waals surface area contributed by atoms with Crippen molar-refractivity contribution in [3.05, 3.63) is 95.6 Å². The van der Waals surface area contributed by atoms with Gasteiger partial charge in [0.2, 0.25) is 0 Å². The van der Waals surface area contributed by atoms with Gasteiger partial charge in [0, 0.05) is 31.7 Å². The zero-order valence-corrected chi connectivity index (χ0v) is 19.8. The maximum atomic E-state index is 13.3. The molecule has 2 bridgehead atoms. The van der Waals surface area contributed by atoms with Crippen molar-refractivity contribution in [1.82, 2.24) is 4.90 Å². The molecule has 1 saturated heterocycles. The fourth-order valence-corrected chi connectivity index (χ4v) is 5.98. The maximum Gasteiger partial charge on any atom is 0.410 e. The lowest BCUT2D eigenvalue weighted by Crippen LogP contribution is -2.43. The lowest BCUT2D eigenvalue weighted by molar-refractivity contribution is 0.0866. The highest BCUT2D eigenvalue weighted by Crippen LogP contribution is 2.45. The van der Waals surface area contributed by atoms with Gasteiger partial charge in [-0.1, -0.05) is 66.7 Å². The Labute approximate surface area is 201 Å². The summed E-state index contributed by atoms with van der Waals surface area (Å²) in [6.07, 6.45) is 5.04. The Balaban J connectivity index is 1.19. The molecule has 2 unspecified atom stereocenters. The minimum Gasteiger partial charge on any atom is -0.448 e. The Morgan fingerprint density at radius 1 is 0.941 bits per heavy atom. The van der Waals surface area contributed by atoms with Gasteiger partial charge >= 0.3 is 6.09 Å². The van der Waals surface area contributed by atoms with E-state index in [-0.39, 0.29) is 24.1 Å². The minimum atomic E-state index is -0.174. The molecule has 1 fully saturated rings. The van der Waals surface area contributed by atoms with Crippen LogP contribution in [0.15, 0.2) is 78.9 Å². The second kappa shape index (κ2) is 8.35. The number of hydrogen-bond acceptors (Lipinski definition) is 3. The van der Waals surface area contributed by atoms with Crippen molar-refractivity contribution in [2.75, 3.05) is 25.6 Å². The fraction of sp³-hybridized carbons (Fsp3) is 0.300. The van der Waals surface area contributed by atoms with Gasteiger partial charge in [-0.05, 0) is 64.8 Å². The lowest BCUT2D eigenvalue weighted by atomic mass is 9.94. The van der Waals surface area contributed by atoms with E-state index in [1.165, 1.54) is 39.1 Å². The van der Waals surface area contributed by atoms with Gasteiger partial charge in [-0.15, -0.1) is 0 Å². The quantitative estimate of drug-likeness (QED) is 0.466. The van der Waals surface area contributed by atoms with E-state index in [4.69, 9.17) is 4.74 Å². The molecular weight excluding hydrogens is 420 g/mol. The zero-order chi connectivity index (χ0) is 23.2. The molecule has 2 heterocycles. The van der Waals surface area contributed by atoms with Crippen LogP contribution in [0.2, 0.25) is 0 Å². The molecule has 1 aliphatic carbocycles. The van der Waals surface area contributed by atoms with Crippen molar-refractivity contribution in [3.8, 4) is 11.1 Å². The molecule has 4 nitrogen and oxygen atoms in total. The highest BCUT2D eigenvalue weighted by molar-refractivity contribution is 5.79. The van der Waals surface area contributed by atoms with E-state index in [9.17, 15) is 4.79 Å². The third-order valence-electron chi connectivity index (χ3n) is 7.68. The van der Waals surface area contributed by atoms with Gasteiger partial charge < -0.3 is 9.64 Å². The van der Waals surface area contributed by atoms with Crippen LogP contribution < -0.4 is 4.90 Å². The number of carbonyl (C=O) groups is 1. The van der Waals surface area contributed by atoms with Gasteiger partial charge in [0.1, 0.15) is 6.61 Å². The zero-order valence-electron chi connectivity index (χ0n) is 19.8. The Morgan fingerprint density at radius 2 is 1.65 bits per heavy atom. The number of rotatable bonds is 4. The number of hydrogen-bond donors (Lipinski definition) is 0. The standard InChI is InChI=1S/C30H30N2O2/c1-31(2)22-9-7-8-20(16-22)21-17-23-14-15-24(18-21)32(23)30(33)34-19-29-27-12-5-3-10-25(27)26-11-4-6-13-28(26)29/h3-13,16-17,23-24,29H,14-15,18-19H2,1-2H3. The minimum absolute atomic E-state index is 0.0960. The Kier molecular flexibility index (Phi) is 5.17. The molecule has 3 aliphatic rings.